The zero-order chi connectivity index (χ0) is 9.84. The zero-order valence-corrected chi connectivity index (χ0v) is 9.32. The predicted molar refractivity (Wildman–Crippen MR) is 61.2 cm³/mol. The van der Waals surface area contributed by atoms with Crippen LogP contribution in [-0.4, -0.2) is 5.75 Å². The fourth-order valence-electron chi connectivity index (χ4n) is 1.04. The van der Waals surface area contributed by atoms with E-state index < -0.39 is 0 Å². The van der Waals surface area contributed by atoms with E-state index in [1.165, 1.54) is 10.5 Å². The van der Waals surface area contributed by atoms with Gasteiger partial charge in [-0.3, -0.25) is 0 Å². The van der Waals surface area contributed by atoms with Crippen molar-refractivity contribution in [1.82, 2.24) is 0 Å². The molecule has 0 aliphatic rings. The minimum atomic E-state index is 0.728. The van der Waals surface area contributed by atoms with Crippen LogP contribution in [0, 0.1) is 12.8 Å². The van der Waals surface area contributed by atoms with Gasteiger partial charge in [-0.1, -0.05) is 19.9 Å². The fourth-order valence-corrected chi connectivity index (χ4v) is 2.07. The molecule has 1 aromatic rings. The lowest BCUT2D eigenvalue weighted by Gasteiger charge is -2.09. The average Bonchev–Trinajstić information content (AvgIpc) is 2.07. The Labute approximate surface area is 84.7 Å². The van der Waals surface area contributed by atoms with Crippen molar-refractivity contribution in [3.05, 3.63) is 23.8 Å². The Bertz CT molecular complexity index is 281. The molecule has 13 heavy (non-hydrogen) atoms. The van der Waals surface area contributed by atoms with Crippen LogP contribution in [0.15, 0.2) is 23.1 Å². The molecule has 0 aliphatic heterocycles. The Kier molecular flexibility index (Phi) is 3.67. The van der Waals surface area contributed by atoms with Gasteiger partial charge in [-0.15, -0.1) is 11.8 Å². The first-order valence-electron chi connectivity index (χ1n) is 4.59. The van der Waals surface area contributed by atoms with Crippen molar-refractivity contribution in [2.45, 2.75) is 25.7 Å². The van der Waals surface area contributed by atoms with Gasteiger partial charge in [-0.25, -0.2) is 0 Å². The van der Waals surface area contributed by atoms with Crippen molar-refractivity contribution in [2.75, 3.05) is 11.5 Å². The van der Waals surface area contributed by atoms with Gasteiger partial charge in [0.15, 0.2) is 0 Å². The molecule has 1 nitrogen and oxygen atoms in total. The molecular formula is C11H17NS. The topological polar surface area (TPSA) is 26.0 Å². The minimum absolute atomic E-state index is 0.728. The van der Waals surface area contributed by atoms with Crippen molar-refractivity contribution in [2.24, 2.45) is 5.92 Å². The molecule has 2 N–H and O–H groups in total. The summed E-state index contributed by atoms with van der Waals surface area (Å²) in [6.07, 6.45) is 0. The van der Waals surface area contributed by atoms with Gasteiger partial charge in [0.2, 0.25) is 0 Å². The molecule has 0 unspecified atom stereocenters. The summed E-state index contributed by atoms with van der Waals surface area (Å²) in [7, 11) is 0. The standard InChI is InChI=1S/C11H17NS/c1-8(2)7-13-11-6-4-5-10(12)9(11)3/h4-6,8H,7,12H2,1-3H3. The van der Waals surface area contributed by atoms with Crippen LogP contribution in [0.4, 0.5) is 5.69 Å². The Balaban J connectivity index is 2.71. The number of nitrogen functional groups attached to an aromatic ring is 1. The van der Waals surface area contributed by atoms with Crippen LogP contribution in [0.5, 0.6) is 0 Å². The third kappa shape index (κ3) is 2.96. The summed E-state index contributed by atoms with van der Waals surface area (Å²) in [5.74, 6) is 1.88. The van der Waals surface area contributed by atoms with Crippen LogP contribution in [0.3, 0.4) is 0 Å². The summed E-state index contributed by atoms with van der Waals surface area (Å²) in [6, 6.07) is 6.11. The first kappa shape index (κ1) is 10.5. The van der Waals surface area contributed by atoms with E-state index >= 15 is 0 Å². The van der Waals surface area contributed by atoms with Gasteiger partial charge in [0.25, 0.3) is 0 Å². The van der Waals surface area contributed by atoms with Crippen LogP contribution >= 0.6 is 11.8 Å². The van der Waals surface area contributed by atoms with Crippen molar-refractivity contribution in [3.63, 3.8) is 0 Å². The van der Waals surface area contributed by atoms with Gasteiger partial charge in [0, 0.05) is 16.3 Å². The lowest BCUT2D eigenvalue weighted by atomic mass is 10.2. The highest BCUT2D eigenvalue weighted by Gasteiger charge is 2.02. The third-order valence-electron chi connectivity index (χ3n) is 1.90. The lowest BCUT2D eigenvalue weighted by molar-refractivity contribution is 0.750. The number of rotatable bonds is 3. The molecule has 1 aromatic carbocycles. The second kappa shape index (κ2) is 4.56. The van der Waals surface area contributed by atoms with E-state index in [-0.39, 0.29) is 0 Å². The van der Waals surface area contributed by atoms with Gasteiger partial charge < -0.3 is 5.73 Å². The second-order valence-electron chi connectivity index (χ2n) is 3.68. The second-order valence-corrected chi connectivity index (χ2v) is 4.74. The SMILES string of the molecule is Cc1c(N)cccc1SCC(C)C. The molecule has 0 bridgehead atoms. The van der Waals surface area contributed by atoms with Crippen molar-refractivity contribution in [1.29, 1.82) is 0 Å². The molecule has 0 heterocycles. The van der Waals surface area contributed by atoms with Gasteiger partial charge in [0.05, 0.1) is 0 Å². The number of anilines is 1. The van der Waals surface area contributed by atoms with Crippen molar-refractivity contribution in [3.8, 4) is 0 Å². The molecule has 72 valence electrons. The predicted octanol–water partition coefficient (Wildman–Crippen LogP) is 3.33. The molecule has 0 radical (unpaired) electrons. The number of nitrogens with two attached hydrogens (primary N) is 1. The monoisotopic (exact) mass is 195 g/mol. The van der Waals surface area contributed by atoms with Crippen molar-refractivity contribution >= 4 is 17.4 Å². The van der Waals surface area contributed by atoms with E-state index in [2.05, 4.69) is 26.8 Å². The fraction of sp³-hybridized carbons (Fsp3) is 0.455. The van der Waals surface area contributed by atoms with E-state index in [1.54, 1.807) is 0 Å². The maximum absolute atomic E-state index is 5.81. The highest BCUT2D eigenvalue weighted by molar-refractivity contribution is 7.99. The summed E-state index contributed by atoms with van der Waals surface area (Å²) < 4.78 is 0. The molecule has 0 atom stereocenters. The highest BCUT2D eigenvalue weighted by Crippen LogP contribution is 2.27. The van der Waals surface area contributed by atoms with Crippen LogP contribution in [0.25, 0.3) is 0 Å². The van der Waals surface area contributed by atoms with Gasteiger partial charge in [0.1, 0.15) is 0 Å². The Morgan fingerprint density at radius 3 is 2.69 bits per heavy atom. The largest absolute Gasteiger partial charge is 0.398 e. The average molecular weight is 195 g/mol. The summed E-state index contributed by atoms with van der Waals surface area (Å²) in [4.78, 5) is 1.31. The summed E-state index contributed by atoms with van der Waals surface area (Å²) in [6.45, 7) is 6.54. The zero-order valence-electron chi connectivity index (χ0n) is 8.50. The maximum atomic E-state index is 5.81. The highest BCUT2D eigenvalue weighted by atomic mass is 32.2. The van der Waals surface area contributed by atoms with Crippen LogP contribution in [0.2, 0.25) is 0 Å². The van der Waals surface area contributed by atoms with E-state index in [0.29, 0.717) is 0 Å². The molecule has 0 saturated carbocycles. The van der Waals surface area contributed by atoms with Gasteiger partial charge in [-0.2, -0.15) is 0 Å². The number of hydrogen-bond donors (Lipinski definition) is 1. The van der Waals surface area contributed by atoms with Crippen molar-refractivity contribution < 1.29 is 0 Å². The summed E-state index contributed by atoms with van der Waals surface area (Å²) in [5, 5.41) is 0. The third-order valence-corrected chi connectivity index (χ3v) is 3.48. The van der Waals surface area contributed by atoms with Crippen LogP contribution < -0.4 is 5.73 Å². The molecule has 0 spiro atoms. The van der Waals surface area contributed by atoms with Crippen LogP contribution in [-0.2, 0) is 0 Å². The first-order chi connectivity index (χ1) is 6.11. The number of thioether (sulfide) groups is 1. The number of hydrogen-bond acceptors (Lipinski definition) is 2. The molecule has 0 saturated heterocycles. The summed E-state index contributed by atoms with van der Waals surface area (Å²) in [5.41, 5.74) is 7.93. The van der Waals surface area contributed by atoms with Gasteiger partial charge >= 0.3 is 0 Å². The molecule has 0 aromatic heterocycles. The molecule has 0 fully saturated rings. The van der Waals surface area contributed by atoms with E-state index in [4.69, 9.17) is 5.73 Å². The molecule has 2 heteroatoms. The Morgan fingerprint density at radius 2 is 2.08 bits per heavy atom. The summed E-state index contributed by atoms with van der Waals surface area (Å²) >= 11 is 1.89. The Morgan fingerprint density at radius 1 is 1.38 bits per heavy atom. The first-order valence-corrected chi connectivity index (χ1v) is 5.57. The van der Waals surface area contributed by atoms with E-state index in [9.17, 15) is 0 Å². The molecule has 1 rings (SSSR count). The maximum Gasteiger partial charge on any atom is 0.0354 e. The molecule has 0 amide bonds. The normalized spacial score (nSPS) is 10.8. The van der Waals surface area contributed by atoms with Crippen LogP contribution in [0.1, 0.15) is 19.4 Å². The lowest BCUT2D eigenvalue weighted by Crippen LogP contribution is -1.94. The number of benzene rings is 1. The molecule has 0 aliphatic carbocycles. The van der Waals surface area contributed by atoms with E-state index in [0.717, 1.165) is 17.4 Å². The van der Waals surface area contributed by atoms with E-state index in [1.807, 2.05) is 23.9 Å². The Hall–Kier alpha value is -0.630. The van der Waals surface area contributed by atoms with Gasteiger partial charge in [-0.05, 0) is 30.5 Å². The molecular weight excluding hydrogens is 178 g/mol. The quantitative estimate of drug-likeness (QED) is 0.591. The minimum Gasteiger partial charge on any atom is -0.398 e. The smallest absolute Gasteiger partial charge is 0.0354 e.